The monoisotopic (exact) mass is 557 g/mol. The number of halogens is 2. The molecule has 192 valence electrons. The van der Waals surface area contributed by atoms with Crippen molar-refractivity contribution in [3.63, 3.8) is 0 Å². The Morgan fingerprint density at radius 2 is 1.78 bits per heavy atom. The fraction of sp³-hybridized carbons (Fsp3) is 0.414. The Labute approximate surface area is 220 Å². The smallest absolute Gasteiger partial charge is 0.304 e. The first-order valence-electron chi connectivity index (χ1n) is 12.3. The van der Waals surface area contributed by atoms with Crippen LogP contribution in [0, 0.1) is 5.82 Å². The van der Waals surface area contributed by atoms with Gasteiger partial charge in [0.15, 0.2) is 5.79 Å². The highest BCUT2D eigenvalue weighted by Crippen LogP contribution is 2.45. The van der Waals surface area contributed by atoms with E-state index < -0.39 is 12.1 Å². The molecule has 2 atom stereocenters. The summed E-state index contributed by atoms with van der Waals surface area (Å²) >= 11 is 3.92. The number of benzene rings is 2. The third kappa shape index (κ3) is 5.90. The first-order chi connectivity index (χ1) is 17.1. The van der Waals surface area contributed by atoms with Gasteiger partial charge in [-0.15, -0.1) is 0 Å². The predicted octanol–water partition coefficient (Wildman–Crippen LogP) is 7.67. The van der Waals surface area contributed by atoms with Crippen molar-refractivity contribution in [2.45, 2.75) is 78.1 Å². The maximum absolute atomic E-state index is 13.8. The molecule has 1 aliphatic heterocycles. The maximum atomic E-state index is 13.8. The van der Waals surface area contributed by atoms with E-state index in [0.717, 1.165) is 32.6 Å². The van der Waals surface area contributed by atoms with Crippen LogP contribution in [0.2, 0.25) is 0 Å². The number of esters is 1. The zero-order chi connectivity index (χ0) is 26.0. The molecule has 5 nitrogen and oxygen atoms in total. The quantitative estimate of drug-likeness (QED) is 0.279. The number of hydrogen-bond donors (Lipinski definition) is 0. The molecule has 3 aromatic rings. The molecule has 0 spiro atoms. The Morgan fingerprint density at radius 3 is 2.39 bits per heavy atom. The fourth-order valence-electron chi connectivity index (χ4n) is 4.94. The standard InChI is InChI=1S/C29H33BrFNO4/c1-18(2)27-26(30)25(20-9-7-6-8-10-20)28(21-11-13-22(31)14-12-21)32(27)16-15-23-17-24(34-19(3)33)36-29(4,5)35-23/h6-14,18,23-24H,15-17H2,1-5H3/t23-,24+/m1/s1. The van der Waals surface area contributed by atoms with Crippen molar-refractivity contribution in [1.29, 1.82) is 0 Å². The van der Waals surface area contributed by atoms with Gasteiger partial charge < -0.3 is 18.8 Å². The minimum Gasteiger partial charge on any atom is -0.436 e. The summed E-state index contributed by atoms with van der Waals surface area (Å²) in [5.74, 6) is -1.28. The number of ether oxygens (including phenoxy) is 3. The van der Waals surface area contributed by atoms with Crippen molar-refractivity contribution in [2.75, 3.05) is 0 Å². The van der Waals surface area contributed by atoms with Crippen molar-refractivity contribution < 1.29 is 23.4 Å². The largest absolute Gasteiger partial charge is 0.436 e. The molecule has 2 aromatic carbocycles. The molecule has 0 N–H and O–H groups in total. The van der Waals surface area contributed by atoms with Crippen LogP contribution in [-0.4, -0.2) is 28.7 Å². The third-order valence-electron chi connectivity index (χ3n) is 6.26. The molecule has 2 heterocycles. The third-order valence-corrected chi connectivity index (χ3v) is 7.06. The van der Waals surface area contributed by atoms with Gasteiger partial charge in [-0.1, -0.05) is 44.2 Å². The van der Waals surface area contributed by atoms with Gasteiger partial charge in [-0.3, -0.25) is 4.79 Å². The molecule has 1 saturated heterocycles. The molecule has 7 heteroatoms. The predicted molar refractivity (Wildman–Crippen MR) is 142 cm³/mol. The van der Waals surface area contributed by atoms with Crippen molar-refractivity contribution in [2.24, 2.45) is 0 Å². The lowest BCUT2D eigenvalue weighted by Gasteiger charge is -2.40. The van der Waals surface area contributed by atoms with Crippen LogP contribution in [0.1, 0.15) is 59.1 Å². The van der Waals surface area contributed by atoms with Gasteiger partial charge >= 0.3 is 5.97 Å². The van der Waals surface area contributed by atoms with Gasteiger partial charge in [0.05, 0.1) is 11.8 Å². The Kier molecular flexibility index (Phi) is 8.03. The van der Waals surface area contributed by atoms with Gasteiger partial charge in [0.25, 0.3) is 0 Å². The summed E-state index contributed by atoms with van der Waals surface area (Å²) in [6.07, 6.45) is 0.336. The number of hydrogen-bond acceptors (Lipinski definition) is 4. The van der Waals surface area contributed by atoms with Crippen LogP contribution < -0.4 is 0 Å². The van der Waals surface area contributed by atoms with Crippen LogP contribution in [0.4, 0.5) is 4.39 Å². The second-order valence-corrected chi connectivity index (χ2v) is 10.7. The molecule has 1 aromatic heterocycles. The lowest BCUT2D eigenvalue weighted by Crippen LogP contribution is -2.46. The molecule has 0 radical (unpaired) electrons. The Hall–Kier alpha value is -2.48. The van der Waals surface area contributed by atoms with E-state index >= 15 is 0 Å². The molecule has 0 aliphatic carbocycles. The van der Waals surface area contributed by atoms with Crippen molar-refractivity contribution in [3.05, 3.63) is 70.6 Å². The minimum atomic E-state index is -0.865. The van der Waals surface area contributed by atoms with Crippen LogP contribution in [0.15, 0.2) is 59.1 Å². The summed E-state index contributed by atoms with van der Waals surface area (Å²) in [5.41, 5.74) is 5.30. The number of aromatic nitrogens is 1. The van der Waals surface area contributed by atoms with E-state index in [1.165, 1.54) is 19.1 Å². The van der Waals surface area contributed by atoms with Crippen molar-refractivity contribution >= 4 is 21.9 Å². The zero-order valence-corrected chi connectivity index (χ0v) is 23.0. The Balaban J connectivity index is 1.76. The molecule has 4 rings (SSSR count). The van der Waals surface area contributed by atoms with Gasteiger partial charge in [0.2, 0.25) is 6.29 Å². The maximum Gasteiger partial charge on any atom is 0.304 e. The van der Waals surface area contributed by atoms with Gasteiger partial charge in [-0.05, 0) is 77.5 Å². The highest BCUT2D eigenvalue weighted by molar-refractivity contribution is 9.10. The molecule has 1 aliphatic rings. The summed E-state index contributed by atoms with van der Waals surface area (Å²) < 4.78 is 34.6. The van der Waals surface area contributed by atoms with Crippen LogP contribution in [-0.2, 0) is 25.5 Å². The first kappa shape index (κ1) is 26.6. The fourth-order valence-corrected chi connectivity index (χ4v) is 6.03. The summed E-state index contributed by atoms with van der Waals surface area (Å²) in [7, 11) is 0. The zero-order valence-electron chi connectivity index (χ0n) is 21.4. The van der Waals surface area contributed by atoms with E-state index in [1.807, 2.05) is 44.2 Å². The Bertz CT molecular complexity index is 1200. The van der Waals surface area contributed by atoms with E-state index in [4.69, 9.17) is 14.2 Å². The summed E-state index contributed by atoms with van der Waals surface area (Å²) in [6, 6.07) is 16.9. The van der Waals surface area contributed by atoms with Crippen molar-refractivity contribution in [1.82, 2.24) is 4.57 Å². The molecule has 0 saturated carbocycles. The topological polar surface area (TPSA) is 49.7 Å². The van der Waals surface area contributed by atoms with Crippen LogP contribution >= 0.6 is 15.9 Å². The highest BCUT2D eigenvalue weighted by Gasteiger charge is 2.37. The second-order valence-electron chi connectivity index (χ2n) is 9.92. The molecule has 0 amide bonds. The average Bonchev–Trinajstić information content (AvgIpc) is 3.09. The molecular weight excluding hydrogens is 525 g/mol. The lowest BCUT2D eigenvalue weighted by atomic mass is 10.0. The molecular formula is C29H33BrFNO4. The van der Waals surface area contributed by atoms with Crippen molar-refractivity contribution in [3.8, 4) is 22.4 Å². The molecule has 36 heavy (non-hydrogen) atoms. The summed E-state index contributed by atoms with van der Waals surface area (Å²) in [4.78, 5) is 11.6. The first-order valence-corrected chi connectivity index (χ1v) is 13.1. The van der Waals surface area contributed by atoms with E-state index in [2.05, 4.69) is 46.5 Å². The number of rotatable bonds is 7. The molecule has 0 bridgehead atoms. The van der Waals surface area contributed by atoms with Gasteiger partial charge in [-0.2, -0.15) is 0 Å². The number of nitrogens with zero attached hydrogens (tertiary/aromatic N) is 1. The lowest BCUT2D eigenvalue weighted by molar-refractivity contribution is -0.343. The highest BCUT2D eigenvalue weighted by atomic mass is 79.9. The van der Waals surface area contributed by atoms with E-state index in [9.17, 15) is 9.18 Å². The van der Waals surface area contributed by atoms with Gasteiger partial charge in [0, 0.05) is 35.6 Å². The summed E-state index contributed by atoms with van der Waals surface area (Å²) in [6.45, 7) is 10.1. The number of carbonyl (C=O) groups excluding carboxylic acids is 1. The summed E-state index contributed by atoms with van der Waals surface area (Å²) in [5, 5.41) is 0. The van der Waals surface area contributed by atoms with Crippen LogP contribution in [0.3, 0.4) is 0 Å². The minimum absolute atomic E-state index is 0.166. The van der Waals surface area contributed by atoms with Crippen LogP contribution in [0.25, 0.3) is 22.4 Å². The SMILES string of the molecule is CC(=O)O[C@@H]1C[C@@H](CCn2c(-c3ccc(F)cc3)c(-c3ccccc3)c(Br)c2C(C)C)OC(C)(C)O1. The molecule has 1 fully saturated rings. The van der Waals surface area contributed by atoms with Gasteiger partial charge in [0.1, 0.15) is 5.82 Å². The van der Waals surface area contributed by atoms with Crippen LogP contribution in [0.5, 0.6) is 0 Å². The second kappa shape index (κ2) is 10.9. The average molecular weight is 558 g/mol. The van der Waals surface area contributed by atoms with E-state index in [1.54, 1.807) is 0 Å². The normalized spacial score (nSPS) is 19.4. The van der Waals surface area contributed by atoms with Gasteiger partial charge in [-0.25, -0.2) is 4.39 Å². The molecule has 0 unspecified atom stereocenters. The number of carbonyl (C=O) groups is 1. The van der Waals surface area contributed by atoms with E-state index in [-0.39, 0.29) is 23.8 Å². The van der Waals surface area contributed by atoms with E-state index in [0.29, 0.717) is 19.4 Å². The Morgan fingerprint density at radius 1 is 1.11 bits per heavy atom.